The molecule has 0 fully saturated rings. The minimum absolute atomic E-state index is 0.0922. The highest BCUT2D eigenvalue weighted by Crippen LogP contribution is 2.25. The van der Waals surface area contributed by atoms with E-state index in [0.717, 1.165) is 18.2 Å². The number of nitrogens with one attached hydrogen (secondary N) is 2. The molecule has 0 spiro atoms. The third-order valence-corrected chi connectivity index (χ3v) is 5.13. The van der Waals surface area contributed by atoms with Crippen LogP contribution in [0.25, 0.3) is 0 Å². The molecule has 0 unspecified atom stereocenters. The second-order valence-electron chi connectivity index (χ2n) is 5.74. The molecule has 0 atom stereocenters. The fourth-order valence-corrected chi connectivity index (χ4v) is 3.05. The first-order chi connectivity index (χ1) is 11.8. The fraction of sp³-hybridized carbons (Fsp3) is 0.278. The number of aryl methyl sites for hydroxylation is 1. The van der Waals surface area contributed by atoms with Crippen molar-refractivity contribution in [2.24, 2.45) is 0 Å². The van der Waals surface area contributed by atoms with Crippen molar-refractivity contribution < 1.29 is 13.2 Å². The highest BCUT2D eigenvalue weighted by atomic mass is 35.5. The fourth-order valence-electron chi connectivity index (χ4n) is 2.24. The van der Waals surface area contributed by atoms with Crippen LogP contribution in [0.2, 0.25) is 5.02 Å². The molecule has 0 aromatic heterocycles. The Bertz CT molecular complexity index is 849. The predicted molar refractivity (Wildman–Crippen MR) is 101 cm³/mol. The van der Waals surface area contributed by atoms with Crippen LogP contribution in [0.4, 0.5) is 5.69 Å². The van der Waals surface area contributed by atoms with Gasteiger partial charge >= 0.3 is 0 Å². The van der Waals surface area contributed by atoms with Crippen molar-refractivity contribution in [2.45, 2.75) is 24.8 Å². The summed E-state index contributed by atoms with van der Waals surface area (Å²) in [6, 6.07) is 12.4. The number of hydrogen-bond acceptors (Lipinski definition) is 4. The van der Waals surface area contributed by atoms with Gasteiger partial charge in [0.15, 0.2) is 9.84 Å². The third-order valence-electron chi connectivity index (χ3n) is 3.69. The second-order valence-corrected chi connectivity index (χ2v) is 8.16. The van der Waals surface area contributed by atoms with Crippen LogP contribution < -0.4 is 10.6 Å². The van der Waals surface area contributed by atoms with Gasteiger partial charge in [0.25, 0.3) is 0 Å². The van der Waals surface area contributed by atoms with Gasteiger partial charge in [0.2, 0.25) is 5.91 Å². The monoisotopic (exact) mass is 380 g/mol. The Balaban J connectivity index is 1.91. The maximum absolute atomic E-state index is 12.0. The Kier molecular flexibility index (Phi) is 6.58. The van der Waals surface area contributed by atoms with E-state index in [2.05, 4.69) is 29.7 Å². The zero-order chi connectivity index (χ0) is 18.4. The van der Waals surface area contributed by atoms with E-state index < -0.39 is 9.84 Å². The molecule has 0 aliphatic rings. The first-order valence-corrected chi connectivity index (χ1v) is 10.1. The standard InChI is InChI=1S/C18H21ClN2O3S/c1-3-13-4-6-14(7-5-13)11-20-12-18(22)21-17-10-15(25(2,23)24)8-9-16(17)19/h4-10,20H,3,11-12H2,1-2H3,(H,21,22). The van der Waals surface area contributed by atoms with Gasteiger partial charge in [0.1, 0.15) is 0 Å². The van der Waals surface area contributed by atoms with Crippen molar-refractivity contribution in [3.8, 4) is 0 Å². The lowest BCUT2D eigenvalue weighted by atomic mass is 10.1. The van der Waals surface area contributed by atoms with Gasteiger partial charge in [-0.3, -0.25) is 4.79 Å². The summed E-state index contributed by atoms with van der Waals surface area (Å²) < 4.78 is 23.2. The summed E-state index contributed by atoms with van der Waals surface area (Å²) in [6.45, 7) is 2.75. The molecule has 2 N–H and O–H groups in total. The zero-order valence-electron chi connectivity index (χ0n) is 14.2. The van der Waals surface area contributed by atoms with Crippen molar-refractivity contribution in [3.63, 3.8) is 0 Å². The van der Waals surface area contributed by atoms with Gasteiger partial charge in [-0.1, -0.05) is 42.8 Å². The quantitative estimate of drug-likeness (QED) is 0.774. The molecule has 0 saturated carbocycles. The van der Waals surface area contributed by atoms with Gasteiger partial charge in [0, 0.05) is 12.8 Å². The highest BCUT2D eigenvalue weighted by molar-refractivity contribution is 7.90. The molecule has 0 aliphatic heterocycles. The average molecular weight is 381 g/mol. The minimum Gasteiger partial charge on any atom is -0.324 e. The maximum Gasteiger partial charge on any atom is 0.238 e. The van der Waals surface area contributed by atoms with E-state index in [9.17, 15) is 13.2 Å². The van der Waals surface area contributed by atoms with E-state index in [0.29, 0.717) is 6.54 Å². The molecule has 0 radical (unpaired) electrons. The van der Waals surface area contributed by atoms with Crippen LogP contribution in [0, 0.1) is 0 Å². The molecular weight excluding hydrogens is 360 g/mol. The summed E-state index contributed by atoms with van der Waals surface area (Å²) in [7, 11) is -3.36. The predicted octanol–water partition coefficient (Wildman–Crippen LogP) is 3.03. The molecule has 2 aromatic rings. The minimum atomic E-state index is -3.36. The normalized spacial score (nSPS) is 11.3. The lowest BCUT2D eigenvalue weighted by molar-refractivity contribution is -0.115. The van der Waals surface area contributed by atoms with Gasteiger partial charge in [0.05, 0.1) is 22.2 Å². The molecule has 25 heavy (non-hydrogen) atoms. The summed E-state index contributed by atoms with van der Waals surface area (Å²) in [5.41, 5.74) is 2.63. The molecule has 2 rings (SSSR count). The topological polar surface area (TPSA) is 75.3 Å². The van der Waals surface area contributed by atoms with Gasteiger partial charge in [-0.2, -0.15) is 0 Å². The molecule has 5 nitrogen and oxygen atoms in total. The summed E-state index contributed by atoms with van der Waals surface area (Å²) in [6.07, 6.45) is 2.09. The van der Waals surface area contributed by atoms with Crippen LogP contribution in [-0.4, -0.2) is 27.1 Å². The number of rotatable bonds is 7. The Morgan fingerprint density at radius 1 is 1.08 bits per heavy atom. The molecule has 134 valence electrons. The summed E-state index contributed by atoms with van der Waals surface area (Å²) >= 11 is 6.02. The molecule has 1 amide bonds. The Labute approximate surface area is 153 Å². The number of halogens is 1. The van der Waals surface area contributed by atoms with Crippen LogP contribution in [0.5, 0.6) is 0 Å². The van der Waals surface area contributed by atoms with E-state index >= 15 is 0 Å². The summed E-state index contributed by atoms with van der Waals surface area (Å²) in [5.74, 6) is -0.294. The first kappa shape index (κ1) is 19.4. The maximum atomic E-state index is 12.0. The van der Waals surface area contributed by atoms with Crippen LogP contribution in [0.3, 0.4) is 0 Å². The summed E-state index contributed by atoms with van der Waals surface area (Å²) in [5, 5.41) is 5.97. The Morgan fingerprint density at radius 2 is 1.72 bits per heavy atom. The zero-order valence-corrected chi connectivity index (χ0v) is 15.7. The number of benzene rings is 2. The van der Waals surface area contributed by atoms with Crippen molar-refractivity contribution in [1.82, 2.24) is 5.32 Å². The lowest BCUT2D eigenvalue weighted by Gasteiger charge is -2.10. The second kappa shape index (κ2) is 8.47. The molecule has 0 saturated heterocycles. The molecule has 7 heteroatoms. The number of sulfone groups is 1. The number of carbonyl (C=O) groups is 1. The van der Waals surface area contributed by atoms with E-state index in [4.69, 9.17) is 11.6 Å². The van der Waals surface area contributed by atoms with Gasteiger partial charge in [-0.15, -0.1) is 0 Å². The largest absolute Gasteiger partial charge is 0.324 e. The number of anilines is 1. The number of hydrogen-bond donors (Lipinski definition) is 2. The van der Waals surface area contributed by atoms with Gasteiger partial charge in [-0.25, -0.2) is 8.42 Å². The Hall–Kier alpha value is -1.89. The van der Waals surface area contributed by atoms with Crippen LogP contribution in [0.1, 0.15) is 18.1 Å². The molecule has 0 heterocycles. The molecule has 0 aliphatic carbocycles. The van der Waals surface area contributed by atoms with Crippen LogP contribution in [-0.2, 0) is 27.6 Å². The van der Waals surface area contributed by atoms with Crippen molar-refractivity contribution in [3.05, 3.63) is 58.6 Å². The molecule has 2 aromatic carbocycles. The Morgan fingerprint density at radius 3 is 2.32 bits per heavy atom. The third kappa shape index (κ3) is 5.85. The van der Waals surface area contributed by atoms with E-state index in [-0.39, 0.29) is 28.1 Å². The number of carbonyl (C=O) groups excluding carboxylic acids is 1. The van der Waals surface area contributed by atoms with E-state index in [1.807, 2.05) is 12.1 Å². The van der Waals surface area contributed by atoms with Crippen molar-refractivity contribution >= 4 is 33.0 Å². The average Bonchev–Trinajstić information content (AvgIpc) is 2.56. The first-order valence-electron chi connectivity index (χ1n) is 7.87. The van der Waals surface area contributed by atoms with Gasteiger partial charge in [-0.05, 0) is 35.7 Å². The van der Waals surface area contributed by atoms with E-state index in [1.165, 1.54) is 23.8 Å². The van der Waals surface area contributed by atoms with Crippen molar-refractivity contribution in [1.29, 1.82) is 0 Å². The lowest BCUT2D eigenvalue weighted by Crippen LogP contribution is -2.27. The van der Waals surface area contributed by atoms with Crippen LogP contribution >= 0.6 is 11.6 Å². The molecule has 0 bridgehead atoms. The number of amides is 1. The summed E-state index contributed by atoms with van der Waals surface area (Å²) in [4.78, 5) is 12.1. The highest BCUT2D eigenvalue weighted by Gasteiger charge is 2.12. The van der Waals surface area contributed by atoms with E-state index in [1.54, 1.807) is 0 Å². The molecular formula is C18H21ClN2O3S. The van der Waals surface area contributed by atoms with Gasteiger partial charge < -0.3 is 10.6 Å². The van der Waals surface area contributed by atoms with Crippen LogP contribution in [0.15, 0.2) is 47.4 Å². The smallest absolute Gasteiger partial charge is 0.238 e. The van der Waals surface area contributed by atoms with Crippen molar-refractivity contribution in [2.75, 3.05) is 18.1 Å². The SMILES string of the molecule is CCc1ccc(CNCC(=O)Nc2cc(S(C)(=O)=O)ccc2Cl)cc1.